The van der Waals surface area contributed by atoms with Gasteiger partial charge in [0, 0.05) is 15.9 Å². The van der Waals surface area contributed by atoms with Crippen LogP contribution in [0.25, 0.3) is 11.2 Å². The molecule has 1 aromatic carbocycles. The van der Waals surface area contributed by atoms with Gasteiger partial charge in [-0.2, -0.15) is 0 Å². The quantitative estimate of drug-likeness (QED) is 0.141. The van der Waals surface area contributed by atoms with Crippen LogP contribution in [0.4, 0.5) is 5.82 Å². The maximum absolute atomic E-state index is 8.81. The van der Waals surface area contributed by atoms with Crippen molar-refractivity contribution in [1.82, 2.24) is 25.0 Å². The number of benzene rings is 1. The lowest BCUT2D eigenvalue weighted by Crippen LogP contribution is -2.02. The molecule has 10 nitrogen and oxygen atoms in total. The van der Waals surface area contributed by atoms with Gasteiger partial charge in [0.25, 0.3) is 0 Å². The fourth-order valence-corrected chi connectivity index (χ4v) is 4.67. The first-order valence-electron chi connectivity index (χ1n) is 11.2. The van der Waals surface area contributed by atoms with Crippen LogP contribution in [0.1, 0.15) is 52.9 Å². The highest BCUT2D eigenvalue weighted by Gasteiger charge is 2.20. The summed E-state index contributed by atoms with van der Waals surface area (Å²) >= 11 is 5.18. The molecule has 186 valence electrons. The number of hydroxylamine groups is 1. The minimum absolute atomic E-state index is 0.181. The average Bonchev–Trinajstić information content (AvgIpc) is 3.45. The molecule has 3 heterocycles. The van der Waals surface area contributed by atoms with E-state index in [9.17, 15) is 0 Å². The summed E-state index contributed by atoms with van der Waals surface area (Å²) < 4.78 is 14.0. The first-order chi connectivity index (χ1) is 16.6. The van der Waals surface area contributed by atoms with Crippen molar-refractivity contribution < 1.29 is 19.5 Å². The number of anilines is 1. The summed E-state index contributed by atoms with van der Waals surface area (Å²) in [6.45, 7) is 7.32. The number of fused-ring (bicyclic) bond motifs is 2. The molecule has 2 aromatic heterocycles. The van der Waals surface area contributed by atoms with E-state index in [4.69, 9.17) is 30.2 Å². The number of nitrogens with zero attached hydrogens (tertiary/aromatic N) is 4. The number of unbranched alkanes of at least 4 members (excludes halogenated alkanes) is 4. The van der Waals surface area contributed by atoms with E-state index in [1.807, 2.05) is 26.0 Å². The molecule has 0 saturated carbocycles. The lowest BCUT2D eigenvalue weighted by molar-refractivity contribution is -0.116. The number of carbonyl (C=O) groups excluding carboxylic acids is 1. The van der Waals surface area contributed by atoms with Crippen molar-refractivity contribution in [2.24, 2.45) is 0 Å². The third-order valence-corrected chi connectivity index (χ3v) is 6.66. The maximum Gasteiger partial charge on any atom is 0.231 e. The molecule has 0 unspecified atom stereocenters. The molecule has 0 fully saturated rings. The second kappa shape index (κ2) is 14.6. The SMILES string of the molecule is CC.CCCCCCCn1c(Sc2cc3c(cc2Br)OCO3)nc2c(N)ncnc21.O=CNO. The normalized spacial score (nSPS) is 11.3. The predicted molar refractivity (Wildman–Crippen MR) is 135 cm³/mol. The van der Waals surface area contributed by atoms with E-state index in [0.29, 0.717) is 11.3 Å². The maximum atomic E-state index is 8.81. The van der Waals surface area contributed by atoms with Crippen LogP contribution in [0, 0.1) is 0 Å². The van der Waals surface area contributed by atoms with Crippen molar-refractivity contribution in [1.29, 1.82) is 0 Å². The van der Waals surface area contributed by atoms with E-state index in [0.717, 1.165) is 44.6 Å². The second-order valence-electron chi connectivity index (χ2n) is 6.88. The number of carbonyl (C=O) groups is 1. The van der Waals surface area contributed by atoms with E-state index in [-0.39, 0.29) is 13.2 Å². The van der Waals surface area contributed by atoms with Crippen molar-refractivity contribution in [2.45, 2.75) is 69.5 Å². The highest BCUT2D eigenvalue weighted by atomic mass is 79.9. The Kier molecular flexibility index (Phi) is 11.9. The minimum atomic E-state index is 0.181. The second-order valence-corrected chi connectivity index (χ2v) is 8.74. The van der Waals surface area contributed by atoms with Gasteiger partial charge in [-0.05, 0) is 34.5 Å². The zero-order chi connectivity index (χ0) is 24.9. The zero-order valence-corrected chi connectivity index (χ0v) is 22.0. The van der Waals surface area contributed by atoms with Crippen LogP contribution in [0.5, 0.6) is 11.5 Å². The lowest BCUT2D eigenvalue weighted by Gasteiger charge is -2.10. The molecule has 1 aliphatic rings. The van der Waals surface area contributed by atoms with Gasteiger partial charge in [-0.3, -0.25) is 10.0 Å². The number of nitrogens with two attached hydrogens (primary N) is 1. The van der Waals surface area contributed by atoms with Gasteiger partial charge in [0.15, 0.2) is 33.6 Å². The molecule has 34 heavy (non-hydrogen) atoms. The molecule has 0 saturated heterocycles. The molecule has 12 heteroatoms. The number of nitrogens with one attached hydrogen (secondary N) is 1. The molecule has 3 aromatic rings. The number of nitrogen functional groups attached to an aromatic ring is 1. The van der Waals surface area contributed by atoms with E-state index in [1.54, 1.807) is 11.8 Å². The Hall–Kier alpha value is -2.57. The molecule has 0 spiro atoms. The van der Waals surface area contributed by atoms with E-state index in [1.165, 1.54) is 37.5 Å². The number of hydrogen-bond donors (Lipinski definition) is 3. The third-order valence-electron chi connectivity index (χ3n) is 4.69. The fraction of sp³-hybridized carbons (Fsp3) is 0.455. The van der Waals surface area contributed by atoms with Crippen LogP contribution in [0.3, 0.4) is 0 Å². The lowest BCUT2D eigenvalue weighted by atomic mass is 10.1. The van der Waals surface area contributed by atoms with Gasteiger partial charge in [0.2, 0.25) is 13.2 Å². The Morgan fingerprint density at radius 2 is 1.88 bits per heavy atom. The van der Waals surface area contributed by atoms with Crippen LogP contribution in [-0.2, 0) is 11.3 Å². The largest absolute Gasteiger partial charge is 0.454 e. The van der Waals surface area contributed by atoms with E-state index in [2.05, 4.69) is 37.4 Å². The first kappa shape index (κ1) is 27.7. The predicted octanol–water partition coefficient (Wildman–Crippen LogP) is 5.17. The molecule has 1 aliphatic heterocycles. The Balaban J connectivity index is 0.000000618. The smallest absolute Gasteiger partial charge is 0.231 e. The summed E-state index contributed by atoms with van der Waals surface area (Å²) in [4.78, 5) is 23.1. The number of aryl methyl sites for hydroxylation is 1. The summed E-state index contributed by atoms with van der Waals surface area (Å²) in [5, 5.41) is 8.10. The Morgan fingerprint density at radius 1 is 1.21 bits per heavy atom. The van der Waals surface area contributed by atoms with Crippen molar-refractivity contribution in [3.8, 4) is 11.5 Å². The molecule has 4 N–H and O–H groups in total. The number of ether oxygens (including phenoxy) is 2. The fourth-order valence-electron chi connectivity index (χ4n) is 3.16. The number of amides is 1. The third kappa shape index (κ3) is 7.21. The van der Waals surface area contributed by atoms with Gasteiger partial charge in [0.1, 0.15) is 6.33 Å². The minimum Gasteiger partial charge on any atom is -0.454 e. The monoisotopic (exact) mass is 554 g/mol. The van der Waals surface area contributed by atoms with Crippen molar-refractivity contribution in [2.75, 3.05) is 12.5 Å². The number of aromatic nitrogens is 4. The summed E-state index contributed by atoms with van der Waals surface area (Å²) in [6.07, 6.45) is 7.69. The molecule has 0 aliphatic carbocycles. The average molecular weight is 555 g/mol. The Morgan fingerprint density at radius 3 is 2.56 bits per heavy atom. The first-order valence-corrected chi connectivity index (χ1v) is 12.8. The van der Waals surface area contributed by atoms with Gasteiger partial charge < -0.3 is 19.8 Å². The number of halogens is 1. The zero-order valence-electron chi connectivity index (χ0n) is 19.6. The molecule has 4 rings (SSSR count). The molecule has 1 amide bonds. The van der Waals surface area contributed by atoms with Gasteiger partial charge in [-0.15, -0.1) is 0 Å². The number of imidazole rings is 1. The highest BCUT2D eigenvalue weighted by Crippen LogP contribution is 2.43. The van der Waals surface area contributed by atoms with Gasteiger partial charge in [-0.1, -0.05) is 58.2 Å². The van der Waals surface area contributed by atoms with Crippen molar-refractivity contribution >= 4 is 51.1 Å². The summed E-state index contributed by atoms with van der Waals surface area (Å²) in [6, 6.07) is 3.90. The van der Waals surface area contributed by atoms with Gasteiger partial charge in [-0.25, -0.2) is 20.4 Å². The molecule has 0 atom stereocenters. The standard InChI is InChI=1S/C19H22BrN5O2S.C2H6.CH3NO2/c1-2-3-4-5-6-7-25-18-16(17(21)22-10-23-18)24-19(25)28-15-9-14-13(8-12(15)20)26-11-27-14;1-2;3-1-2-4/h8-10H,2-7,11H2,1H3,(H2,21,22,23);1-2H3;1,4H,(H,2,3). The van der Waals surface area contributed by atoms with E-state index < -0.39 is 0 Å². The summed E-state index contributed by atoms with van der Waals surface area (Å²) in [5.74, 6) is 1.89. The van der Waals surface area contributed by atoms with Crippen molar-refractivity contribution in [3.05, 3.63) is 22.9 Å². The molecular weight excluding hydrogens is 524 g/mol. The van der Waals surface area contributed by atoms with Crippen LogP contribution >= 0.6 is 27.7 Å². The van der Waals surface area contributed by atoms with E-state index >= 15 is 0 Å². The van der Waals surface area contributed by atoms with Crippen LogP contribution in [0.2, 0.25) is 0 Å². The summed E-state index contributed by atoms with van der Waals surface area (Å²) in [5.41, 5.74) is 8.73. The molecule has 0 radical (unpaired) electrons. The molecule has 0 bridgehead atoms. The Bertz CT molecular complexity index is 1070. The topological polar surface area (TPSA) is 137 Å². The van der Waals surface area contributed by atoms with Gasteiger partial charge in [0.05, 0.1) is 0 Å². The number of hydrogen-bond acceptors (Lipinski definition) is 9. The summed E-state index contributed by atoms with van der Waals surface area (Å²) in [7, 11) is 0. The Labute approximate surface area is 211 Å². The van der Waals surface area contributed by atoms with Crippen LogP contribution < -0.4 is 20.7 Å². The van der Waals surface area contributed by atoms with Crippen LogP contribution in [-0.4, -0.2) is 37.9 Å². The van der Waals surface area contributed by atoms with Crippen molar-refractivity contribution in [3.63, 3.8) is 0 Å². The van der Waals surface area contributed by atoms with Gasteiger partial charge >= 0.3 is 0 Å². The molecular formula is C22H31BrN6O4S. The van der Waals surface area contributed by atoms with Crippen LogP contribution in [0.15, 0.2) is 33.0 Å². The highest BCUT2D eigenvalue weighted by molar-refractivity contribution is 9.10. The number of rotatable bonds is 9.